The molecule has 2 rings (SSSR count). The molecule has 2 aromatic rings. The highest BCUT2D eigenvalue weighted by Crippen LogP contribution is 2.16. The molecule has 2 aromatic heterocycles. The second-order valence-corrected chi connectivity index (χ2v) is 29.4. The summed E-state index contributed by atoms with van der Waals surface area (Å²) in [5.41, 5.74) is 34.2. The number of aromatic nitrogens is 4. The Hall–Kier alpha value is -11.1. The number of aliphatic carboxylic acids is 2. The number of hydrogen-bond donors (Lipinski definition) is 23. The molecular formula is C70H118N24O19S. The number of hydrogen-bond acceptors (Lipinski definition) is 23. The van der Waals surface area contributed by atoms with Gasteiger partial charge in [-0.1, -0.05) is 48.0 Å². The van der Waals surface area contributed by atoms with E-state index >= 15 is 0 Å². The fourth-order valence-corrected chi connectivity index (χ4v) is 11.5. The van der Waals surface area contributed by atoms with Crippen molar-refractivity contribution in [1.82, 2.24) is 89.1 Å². The fourth-order valence-electron chi connectivity index (χ4n) is 11.0. The number of unbranched alkanes of at least 4 members (excludes halogenated alkanes) is 1. The summed E-state index contributed by atoms with van der Waals surface area (Å²) in [6.07, 6.45) is 3.86. The molecule has 0 fully saturated rings. The largest absolute Gasteiger partial charge is 0.481 e. The van der Waals surface area contributed by atoms with Crippen LogP contribution >= 0.6 is 11.8 Å². The van der Waals surface area contributed by atoms with Gasteiger partial charge in [0.25, 0.3) is 0 Å². The summed E-state index contributed by atoms with van der Waals surface area (Å²) in [7, 11) is 0. The first kappa shape index (κ1) is 99.0. The number of thioether (sulfide) groups is 1. The van der Waals surface area contributed by atoms with E-state index < -0.39 is 235 Å². The van der Waals surface area contributed by atoms with Crippen molar-refractivity contribution in [2.45, 2.75) is 250 Å². The van der Waals surface area contributed by atoms with E-state index in [9.17, 15) is 91.7 Å². The summed E-state index contributed by atoms with van der Waals surface area (Å²) in [5.74, 6) is -18.5. The Labute approximate surface area is 664 Å². The Bertz CT molecular complexity index is 3560. The lowest BCUT2D eigenvalue weighted by atomic mass is 9.96. The maximum Gasteiger partial charge on any atom is 0.326 e. The van der Waals surface area contributed by atoms with Crippen molar-refractivity contribution in [2.24, 2.45) is 57.1 Å². The Balaban J connectivity index is 2.55. The lowest BCUT2D eigenvalue weighted by Crippen LogP contribution is -2.61. The first-order valence-corrected chi connectivity index (χ1v) is 38.9. The predicted octanol–water partition coefficient (Wildman–Crippen LogP) is -6.23. The lowest BCUT2D eigenvalue weighted by molar-refractivity contribution is -0.142. The van der Waals surface area contributed by atoms with Crippen molar-refractivity contribution in [3.8, 4) is 0 Å². The molecule has 43 nitrogen and oxygen atoms in total. The van der Waals surface area contributed by atoms with Gasteiger partial charge in [-0.05, 0) is 121 Å². The van der Waals surface area contributed by atoms with Gasteiger partial charge in [0, 0.05) is 62.4 Å². The van der Waals surface area contributed by atoms with Crippen LogP contribution in [0.4, 0.5) is 0 Å². The van der Waals surface area contributed by atoms with E-state index in [1.807, 2.05) is 0 Å². The normalized spacial score (nSPS) is 15.1. The molecule has 44 heteroatoms. The van der Waals surface area contributed by atoms with Gasteiger partial charge in [0.1, 0.15) is 78.5 Å². The minimum atomic E-state index is -1.70. The zero-order chi connectivity index (χ0) is 86.1. The van der Waals surface area contributed by atoms with E-state index in [1.165, 1.54) is 57.6 Å². The van der Waals surface area contributed by atoms with Gasteiger partial charge in [0.05, 0.1) is 18.7 Å². The number of guanidine groups is 1. The van der Waals surface area contributed by atoms with Crippen LogP contribution in [0.5, 0.6) is 0 Å². The molecule has 0 bridgehead atoms. The number of carboxylic acid groups (broad SMARTS) is 2. The monoisotopic (exact) mass is 1630 g/mol. The van der Waals surface area contributed by atoms with Gasteiger partial charge in [0.2, 0.25) is 88.6 Å². The number of carbonyl (C=O) groups excluding carboxylic acids is 15. The Morgan fingerprint density at radius 1 is 0.447 bits per heavy atom. The highest BCUT2D eigenvalue weighted by molar-refractivity contribution is 7.98. The van der Waals surface area contributed by atoms with Crippen LogP contribution in [-0.2, 0) is 94.3 Å². The fraction of sp³-hybridized carbons (Fsp3) is 0.657. The molecule has 15 atom stereocenters. The SMILES string of the molecule is CC[C@H](C)[C@H](NC(=O)[C@H](CCC(=O)O)NC(=O)[C@H](C)NC(=O)[C@@H](NC(=O)[C@H](C)N)C(C)C)C(=O)N[C@@H](CCC(N)=O)C(=O)N[C@@H](CC(C)C)C(=O)N[C@@H](CCSC)C(=O)N[C@@H](Cc1cnc[nH]1)C(=O)N[C@@H](CCC(N)=O)C(=O)N[C@@H](CCCN=C(N)N)C(=O)N[C@@H](C)C(=O)N[C@@H](CCCCN)C(=O)N[C@@H](Cc1cnc[nH]1)C(=O)O. The number of nitrogens with one attached hydrogen (secondary N) is 15. The van der Waals surface area contributed by atoms with Gasteiger partial charge < -0.3 is 124 Å². The van der Waals surface area contributed by atoms with Crippen LogP contribution in [0.3, 0.4) is 0 Å². The number of aliphatic imine (C=N–C) groups is 1. The zero-order valence-corrected chi connectivity index (χ0v) is 66.9. The predicted molar refractivity (Wildman–Crippen MR) is 416 cm³/mol. The topological polar surface area (TPSA) is 713 Å². The van der Waals surface area contributed by atoms with Crippen LogP contribution in [-0.4, -0.2) is 246 Å². The average Bonchev–Trinajstić information content (AvgIpc) is 1.06. The molecule has 638 valence electrons. The minimum Gasteiger partial charge on any atom is -0.481 e. The number of carbonyl (C=O) groups is 17. The van der Waals surface area contributed by atoms with Gasteiger partial charge in [-0.25, -0.2) is 14.8 Å². The van der Waals surface area contributed by atoms with Crippen molar-refractivity contribution in [3.63, 3.8) is 0 Å². The van der Waals surface area contributed by atoms with E-state index in [0.717, 1.165) is 0 Å². The average molecular weight is 1630 g/mol. The van der Waals surface area contributed by atoms with Crippen LogP contribution in [0.25, 0.3) is 0 Å². The van der Waals surface area contributed by atoms with E-state index in [0.29, 0.717) is 18.5 Å². The number of nitrogens with zero attached hydrogens (tertiary/aromatic N) is 3. The van der Waals surface area contributed by atoms with Crippen LogP contribution in [0.15, 0.2) is 30.0 Å². The molecule has 0 aliphatic heterocycles. The molecule has 29 N–H and O–H groups in total. The first-order chi connectivity index (χ1) is 53.6. The second kappa shape index (κ2) is 51.6. The Morgan fingerprint density at radius 2 is 0.825 bits per heavy atom. The van der Waals surface area contributed by atoms with Gasteiger partial charge in [-0.2, -0.15) is 11.8 Å². The number of H-pyrrole nitrogens is 2. The van der Waals surface area contributed by atoms with Gasteiger partial charge >= 0.3 is 11.9 Å². The highest BCUT2D eigenvalue weighted by atomic mass is 32.2. The number of nitrogens with two attached hydrogens (primary N) is 6. The van der Waals surface area contributed by atoms with E-state index in [4.69, 9.17) is 34.4 Å². The molecule has 0 spiro atoms. The van der Waals surface area contributed by atoms with Crippen LogP contribution in [0.1, 0.15) is 164 Å². The summed E-state index contributed by atoms with van der Waals surface area (Å²) >= 11 is 1.27. The summed E-state index contributed by atoms with van der Waals surface area (Å²) in [6, 6.07) is -20.4. The van der Waals surface area contributed by atoms with E-state index in [1.54, 1.807) is 47.8 Å². The van der Waals surface area contributed by atoms with Crippen molar-refractivity contribution in [1.29, 1.82) is 0 Å². The molecule has 0 aliphatic carbocycles. The van der Waals surface area contributed by atoms with Gasteiger partial charge in [-0.15, -0.1) is 0 Å². The zero-order valence-electron chi connectivity index (χ0n) is 66.1. The number of carboxylic acids is 2. The molecule has 0 aromatic carbocycles. The lowest BCUT2D eigenvalue weighted by Gasteiger charge is -2.30. The summed E-state index contributed by atoms with van der Waals surface area (Å²) in [4.78, 5) is 249. The van der Waals surface area contributed by atoms with Crippen molar-refractivity contribution >= 4 is 118 Å². The Kier molecular flexibility index (Phi) is 44.8. The summed E-state index contributed by atoms with van der Waals surface area (Å²) in [6.45, 7) is 14.0. The third-order valence-electron chi connectivity index (χ3n) is 17.8. The van der Waals surface area contributed by atoms with Crippen LogP contribution in [0, 0.1) is 17.8 Å². The third-order valence-corrected chi connectivity index (χ3v) is 18.5. The highest BCUT2D eigenvalue weighted by Gasteiger charge is 2.39. The third kappa shape index (κ3) is 37.5. The molecule has 2 heterocycles. The van der Waals surface area contributed by atoms with Crippen molar-refractivity contribution in [3.05, 3.63) is 36.4 Å². The molecule has 15 amide bonds. The standard InChI is InChI=1S/C70H118N24O19S/c1-11-36(6)55(94-64(107)46(19-22-53(97)98)85-58(101)39(9)83-67(110)54(35(4)5)93-56(99)37(7)72)68(111)89-45(18-21-52(74)96)62(105)90-48(27-34(2)3)65(108)88-47(23-26-114-10)63(106)91-49(28-40-30-77-32-80-40)66(109)87-44(17-20-51(73)95)61(104)86-43(16-14-25-79-70(75)76)59(102)82-38(8)57(100)84-42(15-12-13-24-71)60(103)92-50(69(112)113)29-41-31-78-33-81-41/h30-39,42-50,54-55H,11-29,71-72H2,1-10H3,(H2,73,95)(H2,74,96)(H,77,80)(H,78,81)(H,82,102)(H,83,110)(H,84,100)(H,85,101)(H,86,104)(H,87,109)(H,88,108)(H,89,111)(H,90,105)(H,91,106)(H,92,103)(H,93,99)(H,94,107)(H,97,98)(H,112,113)(H4,75,76,79)/t36-,37-,38-,39-,42-,43-,44-,45-,46-,47-,48-,49-,50-,54-,55-/m0/s1. The molecule has 0 saturated carbocycles. The quantitative estimate of drug-likeness (QED) is 0.0166. The van der Waals surface area contributed by atoms with Crippen molar-refractivity contribution in [2.75, 3.05) is 25.1 Å². The van der Waals surface area contributed by atoms with Crippen molar-refractivity contribution < 1.29 is 91.7 Å². The maximum absolute atomic E-state index is 14.7. The smallest absolute Gasteiger partial charge is 0.326 e. The summed E-state index contributed by atoms with van der Waals surface area (Å²) < 4.78 is 0. The maximum atomic E-state index is 14.7. The van der Waals surface area contributed by atoms with Crippen LogP contribution in [0.2, 0.25) is 0 Å². The minimum absolute atomic E-state index is 0.00594. The second-order valence-electron chi connectivity index (χ2n) is 28.4. The van der Waals surface area contributed by atoms with Crippen LogP contribution < -0.4 is 104 Å². The number of imidazole rings is 2. The molecule has 114 heavy (non-hydrogen) atoms. The summed E-state index contributed by atoms with van der Waals surface area (Å²) in [5, 5.41) is 52.4. The number of amides is 15. The first-order valence-electron chi connectivity index (χ1n) is 37.5. The van der Waals surface area contributed by atoms with Gasteiger partial charge in [0.15, 0.2) is 5.96 Å². The number of aromatic amines is 2. The number of primary amides is 2. The molecule has 0 unspecified atom stereocenters. The van der Waals surface area contributed by atoms with Gasteiger partial charge in [-0.3, -0.25) is 81.7 Å². The molecule has 0 saturated heterocycles. The van der Waals surface area contributed by atoms with E-state index in [2.05, 4.69) is 94.0 Å². The Morgan fingerprint density at radius 3 is 1.25 bits per heavy atom. The van der Waals surface area contributed by atoms with E-state index in [-0.39, 0.29) is 87.8 Å². The number of rotatable bonds is 56. The molecule has 0 radical (unpaired) electrons. The molecule has 0 aliphatic rings. The molecular weight excluding hydrogens is 1510 g/mol.